The van der Waals surface area contributed by atoms with E-state index in [1.807, 2.05) is 0 Å². The van der Waals surface area contributed by atoms with Crippen LogP contribution < -0.4 is 16.0 Å². The van der Waals surface area contributed by atoms with E-state index in [0.29, 0.717) is 11.3 Å². The van der Waals surface area contributed by atoms with Gasteiger partial charge in [0.25, 0.3) is 5.91 Å². The fraction of sp³-hybridized carbons (Fsp3) is 0.536. The number of halogens is 3. The van der Waals surface area contributed by atoms with Crippen molar-refractivity contribution in [2.75, 3.05) is 33.1 Å². The molecule has 3 aliphatic rings. The van der Waals surface area contributed by atoms with E-state index in [2.05, 4.69) is 5.32 Å². The zero-order valence-electron chi connectivity index (χ0n) is 23.8. The molecule has 1 aromatic rings. The number of Topliss-reactive ketones (excluding diaryl/α,β-unsaturated/α-hetero) is 2. The van der Waals surface area contributed by atoms with Crippen LogP contribution >= 0.6 is 0 Å². The molecule has 14 heteroatoms. The highest BCUT2D eigenvalue weighted by Gasteiger charge is 2.64. The lowest BCUT2D eigenvalue weighted by atomic mass is 9.57. The minimum absolute atomic E-state index is 0.0280. The van der Waals surface area contributed by atoms with Gasteiger partial charge < -0.3 is 36.4 Å². The van der Waals surface area contributed by atoms with Gasteiger partial charge in [0.15, 0.2) is 11.4 Å². The van der Waals surface area contributed by atoms with Gasteiger partial charge in [-0.1, -0.05) is 6.92 Å². The number of aliphatic hydroxyl groups excluding tert-OH is 2. The van der Waals surface area contributed by atoms with E-state index in [-0.39, 0.29) is 36.0 Å². The van der Waals surface area contributed by atoms with E-state index in [0.717, 1.165) is 0 Å². The summed E-state index contributed by atoms with van der Waals surface area (Å²) in [6.45, 7) is 0.946. The van der Waals surface area contributed by atoms with Crippen LogP contribution in [0.15, 0.2) is 23.0 Å². The van der Waals surface area contributed by atoms with Crippen molar-refractivity contribution in [2.24, 2.45) is 17.6 Å². The number of primary amides is 1. The summed E-state index contributed by atoms with van der Waals surface area (Å²) < 4.78 is 40.1. The number of rotatable bonds is 7. The lowest BCUT2D eigenvalue weighted by Gasteiger charge is -2.50. The van der Waals surface area contributed by atoms with Crippen molar-refractivity contribution in [1.82, 2.24) is 10.2 Å². The van der Waals surface area contributed by atoms with Crippen molar-refractivity contribution < 1.29 is 48.0 Å². The number of nitrogens with one attached hydrogen (secondary N) is 1. The SMILES string of the molecule is CCC(NCc1cc(N(C)C)c2c(c1O)C(O)=C1C(=O)[C@]3(O)C(O)=C(C(N)=O)C(=O)C(N(C)C)[C@@H]3C[C@@H]1C2)C(F)(F)F. The number of likely N-dealkylation sites (N-methyl/N-ethyl adjacent to an activating group) is 1. The van der Waals surface area contributed by atoms with Crippen molar-refractivity contribution in [3.8, 4) is 5.75 Å². The Bertz CT molecular complexity index is 1420. The number of alkyl halides is 3. The number of amides is 1. The number of nitrogens with zero attached hydrogens (tertiary/aromatic N) is 2. The molecule has 3 aliphatic carbocycles. The lowest BCUT2D eigenvalue weighted by molar-refractivity contribution is -0.157. The second-order valence-corrected chi connectivity index (χ2v) is 11.5. The van der Waals surface area contributed by atoms with Crippen LogP contribution in [0.3, 0.4) is 0 Å². The zero-order valence-corrected chi connectivity index (χ0v) is 23.8. The number of fused-ring (bicyclic) bond motifs is 3. The Balaban J connectivity index is 1.91. The first-order chi connectivity index (χ1) is 19.4. The van der Waals surface area contributed by atoms with E-state index in [9.17, 15) is 48.0 Å². The van der Waals surface area contributed by atoms with Crippen LogP contribution in [-0.4, -0.2) is 94.9 Å². The summed E-state index contributed by atoms with van der Waals surface area (Å²) in [5, 5.41) is 47.7. The first-order valence-electron chi connectivity index (χ1n) is 13.4. The maximum Gasteiger partial charge on any atom is 0.403 e. The van der Waals surface area contributed by atoms with Gasteiger partial charge >= 0.3 is 6.18 Å². The summed E-state index contributed by atoms with van der Waals surface area (Å²) in [5.41, 5.74) is 2.02. The maximum atomic E-state index is 14.0. The molecular weight excluding hydrogens is 561 g/mol. The minimum atomic E-state index is -4.54. The highest BCUT2D eigenvalue weighted by Crippen LogP contribution is 2.54. The van der Waals surface area contributed by atoms with Crippen LogP contribution in [0, 0.1) is 11.8 Å². The maximum absolute atomic E-state index is 14.0. The summed E-state index contributed by atoms with van der Waals surface area (Å²) in [6, 6.07) is -1.56. The molecule has 0 aromatic heterocycles. The molecule has 2 unspecified atom stereocenters. The number of ketones is 2. The van der Waals surface area contributed by atoms with Crippen molar-refractivity contribution in [3.63, 3.8) is 0 Å². The molecule has 0 bridgehead atoms. The number of carbonyl (C=O) groups is 3. The van der Waals surface area contributed by atoms with Crippen molar-refractivity contribution in [3.05, 3.63) is 39.7 Å². The Morgan fingerprint density at radius 2 is 1.81 bits per heavy atom. The third-order valence-corrected chi connectivity index (χ3v) is 8.60. The van der Waals surface area contributed by atoms with Crippen molar-refractivity contribution in [2.45, 2.75) is 56.6 Å². The molecule has 5 atom stereocenters. The fourth-order valence-electron chi connectivity index (χ4n) is 6.60. The molecule has 11 nitrogen and oxygen atoms in total. The van der Waals surface area contributed by atoms with E-state index in [1.165, 1.54) is 32.0 Å². The number of hydrogen-bond acceptors (Lipinski definition) is 10. The van der Waals surface area contributed by atoms with Gasteiger partial charge in [-0.3, -0.25) is 19.3 Å². The number of anilines is 1. The van der Waals surface area contributed by atoms with Gasteiger partial charge in [-0.2, -0.15) is 13.2 Å². The number of aromatic hydroxyl groups is 1. The first kappa shape index (κ1) is 31.3. The predicted molar refractivity (Wildman–Crippen MR) is 146 cm³/mol. The minimum Gasteiger partial charge on any atom is -0.508 e. The quantitative estimate of drug-likeness (QED) is 0.253. The van der Waals surface area contributed by atoms with E-state index in [4.69, 9.17) is 5.73 Å². The van der Waals surface area contributed by atoms with Crippen LogP contribution in [0.4, 0.5) is 18.9 Å². The molecular formula is C28H35F3N4O7. The highest BCUT2D eigenvalue weighted by atomic mass is 19.4. The molecule has 0 spiro atoms. The topological polar surface area (TPSA) is 177 Å². The van der Waals surface area contributed by atoms with Crippen molar-refractivity contribution >= 4 is 28.9 Å². The van der Waals surface area contributed by atoms with Crippen LogP contribution in [0.1, 0.15) is 36.5 Å². The summed E-state index contributed by atoms with van der Waals surface area (Å²) in [7, 11) is 6.36. The van der Waals surface area contributed by atoms with Gasteiger partial charge in [-0.05, 0) is 50.9 Å². The Labute approximate surface area is 240 Å². The highest BCUT2D eigenvalue weighted by molar-refractivity contribution is 6.24. The van der Waals surface area contributed by atoms with Crippen LogP contribution in [0.2, 0.25) is 0 Å². The molecule has 1 aromatic carbocycles. The monoisotopic (exact) mass is 596 g/mol. The molecule has 0 aliphatic heterocycles. The molecule has 0 radical (unpaired) electrons. The average molecular weight is 597 g/mol. The summed E-state index contributed by atoms with van der Waals surface area (Å²) in [4.78, 5) is 42.4. The van der Waals surface area contributed by atoms with Gasteiger partial charge in [0.2, 0.25) is 5.78 Å². The predicted octanol–water partition coefficient (Wildman–Crippen LogP) is 1.46. The second-order valence-electron chi connectivity index (χ2n) is 11.5. The normalized spacial score (nSPS) is 26.7. The fourth-order valence-corrected chi connectivity index (χ4v) is 6.60. The molecule has 1 saturated carbocycles. The molecule has 1 fully saturated rings. The molecule has 42 heavy (non-hydrogen) atoms. The number of hydrogen-bond donors (Lipinski definition) is 6. The van der Waals surface area contributed by atoms with E-state index < -0.39 is 82.6 Å². The number of nitrogens with two attached hydrogens (primary N) is 1. The average Bonchev–Trinajstić information content (AvgIpc) is 2.86. The summed E-state index contributed by atoms with van der Waals surface area (Å²) >= 11 is 0. The molecule has 7 N–H and O–H groups in total. The molecule has 4 rings (SSSR count). The van der Waals surface area contributed by atoms with Gasteiger partial charge in [-0.15, -0.1) is 0 Å². The summed E-state index contributed by atoms with van der Waals surface area (Å²) in [6.07, 6.45) is -4.82. The van der Waals surface area contributed by atoms with Crippen LogP contribution in [-0.2, 0) is 27.3 Å². The molecule has 230 valence electrons. The molecule has 1 amide bonds. The van der Waals surface area contributed by atoms with Gasteiger partial charge in [0, 0.05) is 43.4 Å². The second kappa shape index (κ2) is 10.6. The Morgan fingerprint density at radius 1 is 1.19 bits per heavy atom. The van der Waals surface area contributed by atoms with Gasteiger partial charge in [0.1, 0.15) is 28.9 Å². The third-order valence-electron chi connectivity index (χ3n) is 8.60. The lowest BCUT2D eigenvalue weighted by Crippen LogP contribution is -2.65. The van der Waals surface area contributed by atoms with E-state index in [1.54, 1.807) is 19.0 Å². The van der Waals surface area contributed by atoms with Gasteiger partial charge in [0.05, 0.1) is 11.6 Å². The Kier molecular flexibility index (Phi) is 7.89. The molecule has 0 saturated heterocycles. The zero-order chi connectivity index (χ0) is 31.6. The molecule has 0 heterocycles. The number of aliphatic hydroxyl groups is 3. The Hall–Kier alpha value is -3.62. The smallest absolute Gasteiger partial charge is 0.403 e. The standard InChI is InChI=1S/C28H35F3N4O7/c1-6-16(28(29,30)31)33-10-12-9-15(34(2)3)13-7-11-8-14-20(35(4)5)23(38)19(26(32)41)25(40)27(14,42)24(39)17(11)22(37)18(13)21(12)36/h9,11,14,16,20,33,36-37,40,42H,6-8,10H2,1-5H3,(H2,32,41)/t11-,14-,16?,20?,27-/m0/s1. The van der Waals surface area contributed by atoms with Crippen molar-refractivity contribution in [1.29, 1.82) is 0 Å². The number of benzene rings is 1. The Morgan fingerprint density at radius 3 is 2.31 bits per heavy atom. The summed E-state index contributed by atoms with van der Waals surface area (Å²) in [5.74, 6) is -7.81. The largest absolute Gasteiger partial charge is 0.508 e. The van der Waals surface area contributed by atoms with Crippen LogP contribution in [0.5, 0.6) is 5.75 Å². The third kappa shape index (κ3) is 4.61. The number of phenols is 1. The first-order valence-corrected chi connectivity index (χ1v) is 13.4. The number of phenolic OH excluding ortho intramolecular Hbond substituents is 1. The number of carbonyl (C=O) groups excluding carboxylic acids is 3. The van der Waals surface area contributed by atoms with E-state index >= 15 is 0 Å². The van der Waals surface area contributed by atoms with Gasteiger partial charge in [-0.25, -0.2) is 0 Å². The van der Waals surface area contributed by atoms with Crippen LogP contribution in [0.25, 0.3) is 5.76 Å².